The number of ether oxygens (including phenoxy) is 1. The Morgan fingerprint density at radius 3 is 2.76 bits per heavy atom. The molecule has 0 aromatic heterocycles. The summed E-state index contributed by atoms with van der Waals surface area (Å²) in [5.74, 6) is -0.515. The molecule has 0 heterocycles. The second kappa shape index (κ2) is 5.75. The second-order valence-corrected chi connectivity index (χ2v) is 3.94. The molecule has 0 atom stereocenters. The highest BCUT2D eigenvalue weighted by Crippen LogP contribution is 2.32. The Morgan fingerprint density at radius 1 is 1.59 bits per heavy atom. The number of aliphatic hydroxyl groups excluding tert-OH is 1. The summed E-state index contributed by atoms with van der Waals surface area (Å²) < 4.78 is 4.67. The van der Waals surface area contributed by atoms with Crippen LogP contribution < -0.4 is 10.6 Å². The molecule has 0 radical (unpaired) electrons. The standard InChI is InChI=1S/C11H15ClN2O3/c1-14(3-4-15)10-8(11(16)17-2)5-7(13)6-9(10)12/h5-6,15H,3-4,13H2,1-2H3. The Hall–Kier alpha value is -1.46. The quantitative estimate of drug-likeness (QED) is 0.626. The number of likely N-dealkylation sites (N-methyl/N-ethyl adjacent to an activating group) is 1. The van der Waals surface area contributed by atoms with Crippen LogP contribution in [0.2, 0.25) is 5.02 Å². The van der Waals surface area contributed by atoms with E-state index in [4.69, 9.17) is 22.4 Å². The number of carbonyl (C=O) groups excluding carboxylic acids is 1. The first kappa shape index (κ1) is 13.6. The number of carbonyl (C=O) groups is 1. The number of anilines is 2. The first-order valence-corrected chi connectivity index (χ1v) is 5.38. The molecule has 0 fully saturated rings. The summed E-state index contributed by atoms with van der Waals surface area (Å²) in [6, 6.07) is 3.05. The summed E-state index contributed by atoms with van der Waals surface area (Å²) in [7, 11) is 3.01. The number of nitrogens with zero attached hydrogens (tertiary/aromatic N) is 1. The molecule has 0 bridgehead atoms. The molecular formula is C11H15ClN2O3. The molecule has 0 aliphatic carbocycles. The van der Waals surface area contributed by atoms with Gasteiger partial charge in [-0.15, -0.1) is 0 Å². The molecule has 0 saturated carbocycles. The molecule has 0 spiro atoms. The molecule has 17 heavy (non-hydrogen) atoms. The van der Waals surface area contributed by atoms with Gasteiger partial charge in [0.2, 0.25) is 0 Å². The van der Waals surface area contributed by atoms with E-state index in [0.29, 0.717) is 22.9 Å². The maximum Gasteiger partial charge on any atom is 0.340 e. The Kier molecular flexibility index (Phi) is 4.60. The van der Waals surface area contributed by atoms with Gasteiger partial charge in [-0.1, -0.05) is 11.6 Å². The summed E-state index contributed by atoms with van der Waals surface area (Å²) in [4.78, 5) is 13.3. The highest BCUT2D eigenvalue weighted by molar-refractivity contribution is 6.34. The van der Waals surface area contributed by atoms with Gasteiger partial charge in [0.05, 0.1) is 30.0 Å². The van der Waals surface area contributed by atoms with Crippen LogP contribution in [0.25, 0.3) is 0 Å². The average molecular weight is 259 g/mol. The monoisotopic (exact) mass is 258 g/mol. The summed E-state index contributed by atoms with van der Waals surface area (Å²) in [5.41, 5.74) is 6.81. The lowest BCUT2D eigenvalue weighted by Gasteiger charge is -2.22. The van der Waals surface area contributed by atoms with Crippen LogP contribution in [0.3, 0.4) is 0 Å². The maximum absolute atomic E-state index is 11.6. The van der Waals surface area contributed by atoms with E-state index in [1.807, 2.05) is 0 Å². The molecule has 1 aromatic rings. The molecule has 5 nitrogen and oxygen atoms in total. The van der Waals surface area contributed by atoms with E-state index < -0.39 is 5.97 Å². The molecule has 6 heteroatoms. The predicted octanol–water partition coefficient (Wildman–Crippen LogP) is 1.14. The van der Waals surface area contributed by atoms with Crippen molar-refractivity contribution in [1.82, 2.24) is 0 Å². The largest absolute Gasteiger partial charge is 0.465 e. The average Bonchev–Trinajstić information content (AvgIpc) is 2.27. The van der Waals surface area contributed by atoms with Gasteiger partial charge in [0.25, 0.3) is 0 Å². The van der Waals surface area contributed by atoms with Crippen LogP contribution in [0.4, 0.5) is 11.4 Å². The third-order valence-electron chi connectivity index (χ3n) is 2.31. The van der Waals surface area contributed by atoms with Crippen molar-refractivity contribution in [1.29, 1.82) is 0 Å². The number of esters is 1. The van der Waals surface area contributed by atoms with Gasteiger partial charge in [0.15, 0.2) is 0 Å². The van der Waals surface area contributed by atoms with Crippen LogP contribution in [0.5, 0.6) is 0 Å². The lowest BCUT2D eigenvalue weighted by molar-refractivity contribution is 0.0601. The van der Waals surface area contributed by atoms with Crippen LogP contribution in [0.1, 0.15) is 10.4 Å². The van der Waals surface area contributed by atoms with Gasteiger partial charge >= 0.3 is 5.97 Å². The first-order chi connectivity index (χ1) is 8.01. The van der Waals surface area contributed by atoms with Crippen molar-refractivity contribution in [2.24, 2.45) is 0 Å². The number of hydrogen-bond acceptors (Lipinski definition) is 5. The van der Waals surface area contributed by atoms with Crippen molar-refractivity contribution in [3.8, 4) is 0 Å². The van der Waals surface area contributed by atoms with Gasteiger partial charge < -0.3 is 20.5 Å². The van der Waals surface area contributed by atoms with Crippen molar-refractivity contribution in [2.45, 2.75) is 0 Å². The Morgan fingerprint density at radius 2 is 2.24 bits per heavy atom. The third-order valence-corrected chi connectivity index (χ3v) is 2.60. The molecule has 94 valence electrons. The minimum Gasteiger partial charge on any atom is -0.465 e. The fraction of sp³-hybridized carbons (Fsp3) is 0.364. The van der Waals surface area contributed by atoms with Gasteiger partial charge in [-0.25, -0.2) is 4.79 Å². The number of nitrogens with two attached hydrogens (primary N) is 1. The van der Waals surface area contributed by atoms with Crippen LogP contribution in [0, 0.1) is 0 Å². The molecule has 0 saturated heterocycles. The van der Waals surface area contributed by atoms with Crippen molar-refractivity contribution >= 4 is 28.9 Å². The zero-order valence-corrected chi connectivity index (χ0v) is 10.5. The minimum atomic E-state index is -0.515. The summed E-state index contributed by atoms with van der Waals surface area (Å²) in [5, 5.41) is 9.25. The van der Waals surface area contributed by atoms with E-state index in [9.17, 15) is 4.79 Å². The van der Waals surface area contributed by atoms with Crippen molar-refractivity contribution in [2.75, 3.05) is 37.9 Å². The zero-order valence-electron chi connectivity index (χ0n) is 9.74. The number of halogens is 1. The fourth-order valence-electron chi connectivity index (χ4n) is 1.54. The van der Waals surface area contributed by atoms with Gasteiger partial charge in [-0.2, -0.15) is 0 Å². The smallest absolute Gasteiger partial charge is 0.340 e. The fourth-order valence-corrected chi connectivity index (χ4v) is 1.91. The molecule has 1 rings (SSSR count). The molecule has 0 unspecified atom stereocenters. The van der Waals surface area contributed by atoms with Gasteiger partial charge in [-0.05, 0) is 12.1 Å². The van der Waals surface area contributed by atoms with Gasteiger partial charge in [0, 0.05) is 19.3 Å². The summed E-state index contributed by atoms with van der Waals surface area (Å²) in [6.07, 6.45) is 0. The predicted molar refractivity (Wildman–Crippen MR) is 67.6 cm³/mol. The van der Waals surface area contributed by atoms with E-state index >= 15 is 0 Å². The lowest BCUT2D eigenvalue weighted by Crippen LogP contribution is -2.24. The van der Waals surface area contributed by atoms with E-state index in [0.717, 1.165) is 0 Å². The second-order valence-electron chi connectivity index (χ2n) is 3.54. The third kappa shape index (κ3) is 3.01. The molecule has 0 aliphatic heterocycles. The number of aliphatic hydroxyl groups is 1. The highest BCUT2D eigenvalue weighted by Gasteiger charge is 2.19. The van der Waals surface area contributed by atoms with Crippen molar-refractivity contribution < 1.29 is 14.6 Å². The molecule has 1 aromatic carbocycles. The van der Waals surface area contributed by atoms with Crippen LogP contribution in [-0.2, 0) is 4.74 Å². The molecule has 0 aliphatic rings. The minimum absolute atomic E-state index is 0.0438. The molecular weight excluding hydrogens is 244 g/mol. The lowest BCUT2D eigenvalue weighted by atomic mass is 10.1. The van der Waals surface area contributed by atoms with Crippen molar-refractivity contribution in [3.05, 3.63) is 22.7 Å². The Labute approximate surface area is 105 Å². The number of nitrogen functional groups attached to an aromatic ring is 1. The summed E-state index contributed by atoms with van der Waals surface area (Å²) in [6.45, 7) is 0.311. The zero-order chi connectivity index (χ0) is 13.0. The van der Waals surface area contributed by atoms with E-state index in [1.54, 1.807) is 18.0 Å². The number of hydrogen-bond donors (Lipinski definition) is 2. The van der Waals surface area contributed by atoms with Crippen LogP contribution >= 0.6 is 11.6 Å². The normalized spacial score (nSPS) is 10.1. The molecule has 0 amide bonds. The van der Waals surface area contributed by atoms with Crippen molar-refractivity contribution in [3.63, 3.8) is 0 Å². The Balaban J connectivity index is 3.29. The van der Waals surface area contributed by atoms with E-state index in [2.05, 4.69) is 4.74 Å². The van der Waals surface area contributed by atoms with Crippen LogP contribution in [0.15, 0.2) is 12.1 Å². The highest BCUT2D eigenvalue weighted by atomic mass is 35.5. The number of rotatable bonds is 4. The number of benzene rings is 1. The van der Waals surface area contributed by atoms with E-state index in [1.165, 1.54) is 13.2 Å². The Bertz CT molecular complexity index is 423. The number of methoxy groups -OCH3 is 1. The van der Waals surface area contributed by atoms with Crippen LogP contribution in [-0.4, -0.2) is 38.4 Å². The molecule has 3 N–H and O–H groups in total. The van der Waals surface area contributed by atoms with E-state index in [-0.39, 0.29) is 12.2 Å². The maximum atomic E-state index is 11.6. The topological polar surface area (TPSA) is 75.8 Å². The summed E-state index contributed by atoms with van der Waals surface area (Å²) >= 11 is 6.06. The SMILES string of the molecule is COC(=O)c1cc(N)cc(Cl)c1N(C)CCO. The van der Waals surface area contributed by atoms with Gasteiger partial charge in [0.1, 0.15) is 0 Å². The van der Waals surface area contributed by atoms with Gasteiger partial charge in [-0.3, -0.25) is 0 Å². The first-order valence-electron chi connectivity index (χ1n) is 5.00.